The highest BCUT2D eigenvalue weighted by Gasteiger charge is 2.18. The minimum absolute atomic E-state index is 0.0391. The van der Waals surface area contributed by atoms with Crippen LogP contribution in [0.5, 0.6) is 0 Å². The summed E-state index contributed by atoms with van der Waals surface area (Å²) in [5, 5.41) is 3.39. The smallest absolute Gasteiger partial charge is 0.226 e. The molecule has 0 bridgehead atoms. The standard InChI is InChI=1S/C17H21N3O2S/c1-11(2)16(22)19-14-7-5-13(6-8-14)15(21)12(3)23-17-18-9-10-20(17)4/h5-12H,1-4H3,(H,19,22). The Kier molecular flexibility index (Phi) is 5.60. The number of thioether (sulfide) groups is 1. The fraction of sp³-hybridized carbons (Fsp3) is 0.353. The Bertz CT molecular complexity index is 692. The average molecular weight is 331 g/mol. The van der Waals surface area contributed by atoms with Gasteiger partial charge >= 0.3 is 0 Å². The number of anilines is 1. The normalized spacial score (nSPS) is 12.2. The van der Waals surface area contributed by atoms with Crippen molar-refractivity contribution in [1.82, 2.24) is 9.55 Å². The predicted molar refractivity (Wildman–Crippen MR) is 92.8 cm³/mol. The van der Waals surface area contributed by atoms with E-state index in [9.17, 15) is 9.59 Å². The molecule has 0 radical (unpaired) electrons. The third-order valence-electron chi connectivity index (χ3n) is 3.39. The van der Waals surface area contributed by atoms with Gasteiger partial charge in [-0.15, -0.1) is 0 Å². The van der Waals surface area contributed by atoms with E-state index in [1.807, 2.05) is 38.6 Å². The van der Waals surface area contributed by atoms with Crippen LogP contribution < -0.4 is 5.32 Å². The number of nitrogens with zero attached hydrogens (tertiary/aromatic N) is 2. The summed E-state index contributed by atoms with van der Waals surface area (Å²) in [6.07, 6.45) is 3.57. The monoisotopic (exact) mass is 331 g/mol. The van der Waals surface area contributed by atoms with Crippen LogP contribution >= 0.6 is 11.8 Å². The van der Waals surface area contributed by atoms with Crippen molar-refractivity contribution in [3.05, 3.63) is 42.2 Å². The molecule has 5 nitrogen and oxygen atoms in total. The lowest BCUT2D eigenvalue weighted by molar-refractivity contribution is -0.118. The van der Waals surface area contributed by atoms with Gasteiger partial charge in [-0.05, 0) is 31.2 Å². The average Bonchev–Trinajstić information content (AvgIpc) is 2.92. The van der Waals surface area contributed by atoms with Crippen molar-refractivity contribution in [3.63, 3.8) is 0 Å². The molecule has 1 N–H and O–H groups in total. The van der Waals surface area contributed by atoms with Gasteiger partial charge in [-0.3, -0.25) is 9.59 Å². The van der Waals surface area contributed by atoms with E-state index in [2.05, 4.69) is 10.3 Å². The zero-order chi connectivity index (χ0) is 17.0. The fourth-order valence-corrected chi connectivity index (χ4v) is 2.82. The Morgan fingerprint density at radius 1 is 1.17 bits per heavy atom. The molecule has 1 aromatic carbocycles. The second-order valence-corrected chi connectivity index (χ2v) is 6.97. The van der Waals surface area contributed by atoms with Crippen molar-refractivity contribution in [2.24, 2.45) is 13.0 Å². The van der Waals surface area contributed by atoms with Crippen LogP contribution in [-0.4, -0.2) is 26.5 Å². The van der Waals surface area contributed by atoms with Gasteiger partial charge in [0.25, 0.3) is 0 Å². The van der Waals surface area contributed by atoms with Crippen molar-refractivity contribution >= 4 is 29.1 Å². The lowest BCUT2D eigenvalue weighted by atomic mass is 10.1. The summed E-state index contributed by atoms with van der Waals surface area (Å²) >= 11 is 1.43. The molecule has 1 aromatic heterocycles. The van der Waals surface area contributed by atoms with Gasteiger partial charge in [0.05, 0.1) is 5.25 Å². The Hall–Kier alpha value is -2.08. The first-order chi connectivity index (χ1) is 10.9. The van der Waals surface area contributed by atoms with Gasteiger partial charge in [-0.25, -0.2) is 4.98 Å². The molecule has 0 fully saturated rings. The number of imidazole rings is 1. The van der Waals surface area contributed by atoms with Gasteiger partial charge in [0.2, 0.25) is 5.91 Å². The fourth-order valence-electron chi connectivity index (χ4n) is 1.92. The molecule has 0 saturated carbocycles. The van der Waals surface area contributed by atoms with Crippen molar-refractivity contribution < 1.29 is 9.59 Å². The third kappa shape index (κ3) is 4.45. The number of hydrogen-bond donors (Lipinski definition) is 1. The van der Waals surface area contributed by atoms with Crippen LogP contribution in [0.25, 0.3) is 0 Å². The van der Waals surface area contributed by atoms with E-state index in [0.29, 0.717) is 11.3 Å². The Labute approximate surface area is 140 Å². The molecule has 2 rings (SSSR count). The topological polar surface area (TPSA) is 64.0 Å². The zero-order valence-electron chi connectivity index (χ0n) is 13.7. The number of aromatic nitrogens is 2. The number of rotatable bonds is 6. The van der Waals surface area contributed by atoms with E-state index < -0.39 is 0 Å². The third-order valence-corrected chi connectivity index (χ3v) is 4.56. The summed E-state index contributed by atoms with van der Waals surface area (Å²) in [6.45, 7) is 5.55. The summed E-state index contributed by atoms with van der Waals surface area (Å²) in [4.78, 5) is 28.4. The van der Waals surface area contributed by atoms with E-state index in [1.165, 1.54) is 11.8 Å². The van der Waals surface area contributed by atoms with Crippen LogP contribution in [0.15, 0.2) is 41.8 Å². The zero-order valence-corrected chi connectivity index (χ0v) is 14.6. The minimum atomic E-state index is -0.229. The largest absolute Gasteiger partial charge is 0.329 e. The molecule has 1 atom stereocenters. The number of hydrogen-bond acceptors (Lipinski definition) is 4. The molecule has 0 aliphatic heterocycles. The van der Waals surface area contributed by atoms with Crippen molar-refractivity contribution in [2.75, 3.05) is 5.32 Å². The van der Waals surface area contributed by atoms with E-state index >= 15 is 0 Å². The highest BCUT2D eigenvalue weighted by Crippen LogP contribution is 2.24. The second kappa shape index (κ2) is 7.46. The number of aryl methyl sites for hydroxylation is 1. The number of amides is 1. The Balaban J connectivity index is 2.02. The van der Waals surface area contributed by atoms with Crippen LogP contribution in [0.2, 0.25) is 0 Å². The first kappa shape index (κ1) is 17.3. The molecular weight excluding hydrogens is 310 g/mol. The van der Waals surface area contributed by atoms with Gasteiger partial charge < -0.3 is 9.88 Å². The van der Waals surface area contributed by atoms with Gasteiger partial charge in [0.15, 0.2) is 10.9 Å². The maximum Gasteiger partial charge on any atom is 0.226 e. The first-order valence-corrected chi connectivity index (χ1v) is 8.35. The van der Waals surface area contributed by atoms with Crippen molar-refractivity contribution in [1.29, 1.82) is 0 Å². The Morgan fingerprint density at radius 2 is 1.83 bits per heavy atom. The highest BCUT2D eigenvalue weighted by molar-refractivity contribution is 8.00. The number of benzene rings is 1. The lowest BCUT2D eigenvalue weighted by Crippen LogP contribution is -2.18. The molecule has 1 heterocycles. The van der Waals surface area contributed by atoms with E-state index in [0.717, 1.165) is 5.16 Å². The molecule has 0 aliphatic rings. The van der Waals surface area contributed by atoms with Gasteiger partial charge in [-0.2, -0.15) is 0 Å². The summed E-state index contributed by atoms with van der Waals surface area (Å²) in [7, 11) is 1.90. The number of ketones is 1. The second-order valence-electron chi connectivity index (χ2n) is 5.67. The van der Waals surface area contributed by atoms with E-state index in [-0.39, 0.29) is 22.9 Å². The number of carbonyl (C=O) groups excluding carboxylic acids is 2. The van der Waals surface area contributed by atoms with Crippen LogP contribution in [0.4, 0.5) is 5.69 Å². The molecule has 2 aromatic rings. The Morgan fingerprint density at radius 3 is 2.35 bits per heavy atom. The first-order valence-electron chi connectivity index (χ1n) is 7.47. The number of carbonyl (C=O) groups is 2. The van der Waals surface area contributed by atoms with Crippen LogP contribution in [0.3, 0.4) is 0 Å². The molecule has 0 spiro atoms. The van der Waals surface area contributed by atoms with Crippen molar-refractivity contribution in [3.8, 4) is 0 Å². The maximum atomic E-state index is 12.5. The highest BCUT2D eigenvalue weighted by atomic mass is 32.2. The molecule has 6 heteroatoms. The molecule has 1 amide bonds. The summed E-state index contributed by atoms with van der Waals surface area (Å²) in [5.41, 5.74) is 1.33. The summed E-state index contributed by atoms with van der Waals surface area (Å²) in [6, 6.07) is 7.00. The van der Waals surface area contributed by atoms with Gasteiger partial charge in [-0.1, -0.05) is 25.6 Å². The SMILES string of the molecule is CC(C)C(=O)Nc1ccc(C(=O)C(C)Sc2nccn2C)cc1. The lowest BCUT2D eigenvalue weighted by Gasteiger charge is -2.11. The maximum absolute atomic E-state index is 12.5. The molecular formula is C17H21N3O2S. The van der Waals surface area contributed by atoms with Crippen LogP contribution in [0, 0.1) is 5.92 Å². The minimum Gasteiger partial charge on any atom is -0.329 e. The van der Waals surface area contributed by atoms with Crippen LogP contribution in [0.1, 0.15) is 31.1 Å². The molecule has 122 valence electrons. The van der Waals surface area contributed by atoms with Crippen LogP contribution in [-0.2, 0) is 11.8 Å². The quantitative estimate of drug-likeness (QED) is 0.651. The molecule has 0 saturated heterocycles. The summed E-state index contributed by atoms with van der Waals surface area (Å²) < 4.78 is 1.89. The van der Waals surface area contributed by atoms with E-state index in [4.69, 9.17) is 0 Å². The molecule has 1 unspecified atom stereocenters. The predicted octanol–water partition coefficient (Wildman–Crippen LogP) is 3.38. The molecule has 0 aliphatic carbocycles. The molecule has 23 heavy (non-hydrogen) atoms. The van der Waals surface area contributed by atoms with Gasteiger partial charge in [0, 0.05) is 36.6 Å². The summed E-state index contributed by atoms with van der Waals surface area (Å²) in [5.74, 6) is -0.0759. The van der Waals surface area contributed by atoms with Crippen molar-refractivity contribution in [2.45, 2.75) is 31.2 Å². The van der Waals surface area contributed by atoms with Gasteiger partial charge in [0.1, 0.15) is 0 Å². The van der Waals surface area contributed by atoms with E-state index in [1.54, 1.807) is 30.5 Å². The number of nitrogens with one attached hydrogen (secondary N) is 1. The number of Topliss-reactive ketones (excluding diaryl/α,β-unsaturated/α-hetero) is 1.